The summed E-state index contributed by atoms with van der Waals surface area (Å²) in [6.07, 6.45) is 2.18. The predicted molar refractivity (Wildman–Crippen MR) is 114 cm³/mol. The highest BCUT2D eigenvalue weighted by atomic mass is 32.2. The van der Waals surface area contributed by atoms with Gasteiger partial charge in [-0.05, 0) is 32.9 Å². The molecule has 1 aromatic carbocycles. The highest BCUT2D eigenvalue weighted by Gasteiger charge is 2.43. The van der Waals surface area contributed by atoms with Crippen molar-refractivity contribution in [3.8, 4) is 5.75 Å². The SMILES string of the molecule is CN1CCC(COc2cc(F)c3c(=O)[nH]c(CSC4CCOCC4)nc3c2)C(F)(F)C1. The quantitative estimate of drug-likeness (QED) is 0.717. The number of rotatable bonds is 6. The summed E-state index contributed by atoms with van der Waals surface area (Å²) in [5, 5.41) is 0.272. The van der Waals surface area contributed by atoms with E-state index in [9.17, 15) is 18.0 Å². The monoisotopic (exact) mass is 457 g/mol. The second-order valence-electron chi connectivity index (χ2n) is 8.23. The van der Waals surface area contributed by atoms with Gasteiger partial charge in [-0.15, -0.1) is 0 Å². The zero-order valence-electron chi connectivity index (χ0n) is 17.3. The standard InChI is InChI=1S/C21H26F3N3O3S/c1-27-5-2-13(21(23,24)12-27)10-30-14-8-16(22)19-17(9-14)25-18(26-20(19)28)11-31-15-3-6-29-7-4-15/h8-9,13,15H,2-7,10-12H2,1H3,(H,25,26,28). The Hall–Kier alpha value is -1.78. The lowest BCUT2D eigenvalue weighted by atomic mass is 9.94. The fraction of sp³-hybridized carbons (Fsp3) is 0.619. The number of fused-ring (bicyclic) bond motifs is 1. The van der Waals surface area contributed by atoms with E-state index >= 15 is 0 Å². The maximum Gasteiger partial charge on any atom is 0.266 e. The van der Waals surface area contributed by atoms with Gasteiger partial charge in [0.1, 0.15) is 22.8 Å². The first-order chi connectivity index (χ1) is 14.8. The molecule has 0 saturated carbocycles. The van der Waals surface area contributed by atoms with Crippen molar-refractivity contribution in [1.29, 1.82) is 0 Å². The van der Waals surface area contributed by atoms with Crippen LogP contribution in [-0.2, 0) is 10.5 Å². The van der Waals surface area contributed by atoms with E-state index in [-0.39, 0.29) is 29.8 Å². The van der Waals surface area contributed by atoms with Gasteiger partial charge in [-0.1, -0.05) is 0 Å². The number of likely N-dealkylation sites (tertiary alicyclic amines) is 1. The molecular formula is C21H26F3N3O3S. The third kappa shape index (κ3) is 5.35. The minimum Gasteiger partial charge on any atom is -0.493 e. The van der Waals surface area contributed by atoms with Crippen LogP contribution >= 0.6 is 11.8 Å². The number of H-pyrrole nitrogens is 1. The van der Waals surface area contributed by atoms with E-state index in [4.69, 9.17) is 9.47 Å². The van der Waals surface area contributed by atoms with E-state index < -0.39 is 23.2 Å². The van der Waals surface area contributed by atoms with Crippen molar-refractivity contribution >= 4 is 22.7 Å². The van der Waals surface area contributed by atoms with Crippen LogP contribution in [0.25, 0.3) is 10.9 Å². The van der Waals surface area contributed by atoms with Crippen LogP contribution in [-0.4, -0.2) is 66.0 Å². The first-order valence-electron chi connectivity index (χ1n) is 10.4. The van der Waals surface area contributed by atoms with Crippen molar-refractivity contribution < 1.29 is 22.6 Å². The van der Waals surface area contributed by atoms with Gasteiger partial charge in [0.2, 0.25) is 0 Å². The maximum atomic E-state index is 14.6. The average Bonchev–Trinajstić information content (AvgIpc) is 2.71. The van der Waals surface area contributed by atoms with Crippen LogP contribution in [0.3, 0.4) is 0 Å². The van der Waals surface area contributed by atoms with E-state index in [2.05, 4.69) is 9.97 Å². The predicted octanol–water partition coefficient (Wildman–Crippen LogP) is 3.44. The van der Waals surface area contributed by atoms with E-state index in [1.54, 1.807) is 23.7 Å². The lowest BCUT2D eigenvalue weighted by Crippen LogP contribution is -2.48. The highest BCUT2D eigenvalue weighted by Crippen LogP contribution is 2.33. The molecule has 0 radical (unpaired) electrons. The van der Waals surface area contributed by atoms with Crippen LogP contribution < -0.4 is 10.3 Å². The van der Waals surface area contributed by atoms with Crippen LogP contribution in [0.5, 0.6) is 5.75 Å². The molecule has 2 aliphatic heterocycles. The number of hydrogen-bond acceptors (Lipinski definition) is 6. The third-order valence-electron chi connectivity index (χ3n) is 5.80. The van der Waals surface area contributed by atoms with Crippen molar-refractivity contribution in [2.75, 3.05) is 40.0 Å². The molecule has 0 spiro atoms. The molecule has 170 valence electrons. The molecule has 2 aromatic rings. The number of thioether (sulfide) groups is 1. The van der Waals surface area contributed by atoms with Gasteiger partial charge >= 0.3 is 0 Å². The number of alkyl halides is 2. The lowest BCUT2D eigenvalue weighted by Gasteiger charge is -2.36. The first-order valence-corrected chi connectivity index (χ1v) is 11.5. The van der Waals surface area contributed by atoms with Gasteiger partial charge in [-0.25, -0.2) is 18.2 Å². The molecule has 10 heteroatoms. The minimum absolute atomic E-state index is 0.0980. The van der Waals surface area contributed by atoms with Crippen molar-refractivity contribution in [2.45, 2.75) is 36.2 Å². The van der Waals surface area contributed by atoms with Crippen molar-refractivity contribution in [3.63, 3.8) is 0 Å². The van der Waals surface area contributed by atoms with Gasteiger partial charge in [0.25, 0.3) is 11.5 Å². The average molecular weight is 458 g/mol. The molecule has 2 aliphatic rings. The number of halogens is 3. The Morgan fingerprint density at radius 2 is 2.10 bits per heavy atom. The third-order valence-corrected chi connectivity index (χ3v) is 7.18. The summed E-state index contributed by atoms with van der Waals surface area (Å²) in [6.45, 7) is 1.46. The summed E-state index contributed by atoms with van der Waals surface area (Å²) in [7, 11) is 1.66. The van der Waals surface area contributed by atoms with Gasteiger partial charge in [0.05, 0.1) is 30.3 Å². The van der Waals surface area contributed by atoms with Gasteiger partial charge in [0.15, 0.2) is 0 Å². The summed E-state index contributed by atoms with van der Waals surface area (Å²) in [4.78, 5) is 21.0. The van der Waals surface area contributed by atoms with E-state index in [0.29, 0.717) is 29.8 Å². The second kappa shape index (κ2) is 9.38. The molecule has 1 unspecified atom stereocenters. The Morgan fingerprint density at radius 1 is 1.32 bits per heavy atom. The molecule has 2 saturated heterocycles. The molecule has 6 nitrogen and oxygen atoms in total. The molecule has 31 heavy (non-hydrogen) atoms. The number of piperidine rings is 1. The number of aromatic amines is 1. The molecule has 0 bridgehead atoms. The van der Waals surface area contributed by atoms with Crippen LogP contribution in [0.15, 0.2) is 16.9 Å². The Labute approximate surface area is 182 Å². The largest absolute Gasteiger partial charge is 0.493 e. The van der Waals surface area contributed by atoms with Crippen LogP contribution in [0, 0.1) is 11.7 Å². The Kier molecular flexibility index (Phi) is 6.78. The first kappa shape index (κ1) is 22.4. The number of ether oxygens (including phenoxy) is 2. The summed E-state index contributed by atoms with van der Waals surface area (Å²) in [6, 6.07) is 2.51. The summed E-state index contributed by atoms with van der Waals surface area (Å²) in [5.74, 6) is -3.55. The summed E-state index contributed by atoms with van der Waals surface area (Å²) >= 11 is 1.68. The molecule has 4 rings (SSSR count). The van der Waals surface area contributed by atoms with Gasteiger partial charge < -0.3 is 19.4 Å². The van der Waals surface area contributed by atoms with Crippen molar-refractivity contribution in [2.24, 2.45) is 5.92 Å². The Balaban J connectivity index is 1.49. The maximum absolute atomic E-state index is 14.6. The van der Waals surface area contributed by atoms with Crippen molar-refractivity contribution in [1.82, 2.24) is 14.9 Å². The zero-order chi connectivity index (χ0) is 22.0. The number of aromatic nitrogens is 2. The molecule has 1 atom stereocenters. The van der Waals surface area contributed by atoms with E-state index in [0.717, 1.165) is 32.1 Å². The van der Waals surface area contributed by atoms with E-state index in [1.165, 1.54) is 6.07 Å². The molecule has 1 aromatic heterocycles. The lowest BCUT2D eigenvalue weighted by molar-refractivity contribution is -0.116. The smallest absolute Gasteiger partial charge is 0.266 e. The van der Waals surface area contributed by atoms with Gasteiger partial charge in [-0.3, -0.25) is 4.79 Å². The number of nitrogens with one attached hydrogen (secondary N) is 1. The fourth-order valence-corrected chi connectivity index (χ4v) is 5.05. The molecule has 0 aliphatic carbocycles. The highest BCUT2D eigenvalue weighted by molar-refractivity contribution is 7.99. The van der Waals surface area contributed by atoms with Crippen LogP contribution in [0.1, 0.15) is 25.1 Å². The normalized spacial score (nSPS) is 22.6. The fourth-order valence-electron chi connectivity index (χ4n) is 4.00. The molecule has 1 N–H and O–H groups in total. The Morgan fingerprint density at radius 3 is 2.84 bits per heavy atom. The van der Waals surface area contributed by atoms with E-state index in [1.807, 2.05) is 0 Å². The number of hydrogen-bond donors (Lipinski definition) is 1. The Bertz CT molecular complexity index is 981. The van der Waals surface area contributed by atoms with Gasteiger partial charge in [-0.2, -0.15) is 11.8 Å². The van der Waals surface area contributed by atoms with Crippen molar-refractivity contribution in [3.05, 3.63) is 34.1 Å². The minimum atomic E-state index is -2.87. The molecule has 2 fully saturated rings. The van der Waals surface area contributed by atoms with Crippen LogP contribution in [0.2, 0.25) is 0 Å². The second-order valence-corrected chi connectivity index (χ2v) is 9.52. The zero-order valence-corrected chi connectivity index (χ0v) is 18.2. The van der Waals surface area contributed by atoms with Crippen LogP contribution in [0.4, 0.5) is 13.2 Å². The van der Waals surface area contributed by atoms with Gasteiger partial charge in [0, 0.05) is 30.6 Å². The topological polar surface area (TPSA) is 67.5 Å². The molecule has 3 heterocycles. The number of benzene rings is 1. The summed E-state index contributed by atoms with van der Waals surface area (Å²) in [5.41, 5.74) is -0.394. The molecular weight excluding hydrogens is 431 g/mol. The number of nitrogens with zero attached hydrogens (tertiary/aromatic N) is 2. The molecule has 0 amide bonds. The summed E-state index contributed by atoms with van der Waals surface area (Å²) < 4.78 is 53.9.